The average Bonchev–Trinajstić information content (AvgIpc) is 3.00. The molecule has 8 nitrogen and oxygen atoms in total. The maximum Gasteiger partial charge on any atom is 0.289 e. The number of nitrogens with zero attached hydrogens (tertiary/aromatic N) is 1. The highest BCUT2D eigenvalue weighted by atomic mass is 32.2. The minimum absolute atomic E-state index is 0.0308. The van der Waals surface area contributed by atoms with Crippen LogP contribution in [-0.2, 0) is 19.2 Å². The number of ether oxygens (including phenoxy) is 2. The largest absolute Gasteiger partial charge is 0.497 e. The van der Waals surface area contributed by atoms with Gasteiger partial charge in [0.2, 0.25) is 0 Å². The van der Waals surface area contributed by atoms with Crippen LogP contribution in [-0.4, -0.2) is 52.2 Å². The Labute approximate surface area is 171 Å². The number of rotatable bonds is 7. The highest BCUT2D eigenvalue weighted by Crippen LogP contribution is 2.64. The Hall–Kier alpha value is -2.13. The monoisotopic (exact) mass is 425 g/mol. The molecule has 1 aromatic rings. The van der Waals surface area contributed by atoms with Gasteiger partial charge in [-0.2, -0.15) is 8.42 Å². The number of fused-ring (bicyclic) bond motifs is 2. The van der Waals surface area contributed by atoms with Gasteiger partial charge in [0.05, 0.1) is 31.0 Å². The predicted molar refractivity (Wildman–Crippen MR) is 105 cm³/mol. The summed E-state index contributed by atoms with van der Waals surface area (Å²) < 4.78 is 40.9. The van der Waals surface area contributed by atoms with Crippen molar-refractivity contribution in [2.24, 2.45) is 16.7 Å². The second-order valence-electron chi connectivity index (χ2n) is 8.31. The van der Waals surface area contributed by atoms with Gasteiger partial charge < -0.3 is 9.47 Å². The third-order valence-corrected chi connectivity index (χ3v) is 8.01. The SMILES string of the molecule is COc1ccc(C(=O)N(C)OS(=O)(=O)CC23CCC(CC2=O)C3(C)C)c(OC)c1. The lowest BCUT2D eigenvalue weighted by Gasteiger charge is -2.36. The summed E-state index contributed by atoms with van der Waals surface area (Å²) in [6.45, 7) is 3.89. The fourth-order valence-electron chi connectivity index (χ4n) is 4.79. The Balaban J connectivity index is 1.79. The van der Waals surface area contributed by atoms with E-state index in [1.807, 2.05) is 13.8 Å². The second-order valence-corrected chi connectivity index (χ2v) is 9.87. The van der Waals surface area contributed by atoms with Gasteiger partial charge in [0.25, 0.3) is 16.0 Å². The minimum atomic E-state index is -4.18. The van der Waals surface area contributed by atoms with Crippen LogP contribution >= 0.6 is 0 Å². The quantitative estimate of drug-likeness (QED) is 0.619. The molecule has 9 heteroatoms. The summed E-state index contributed by atoms with van der Waals surface area (Å²) >= 11 is 0. The zero-order valence-electron chi connectivity index (χ0n) is 17.4. The van der Waals surface area contributed by atoms with Crippen molar-refractivity contribution < 1.29 is 31.8 Å². The van der Waals surface area contributed by atoms with E-state index in [9.17, 15) is 18.0 Å². The Morgan fingerprint density at radius 3 is 2.45 bits per heavy atom. The van der Waals surface area contributed by atoms with Gasteiger partial charge in [0.1, 0.15) is 17.3 Å². The van der Waals surface area contributed by atoms with Gasteiger partial charge in [-0.15, -0.1) is 4.28 Å². The molecule has 29 heavy (non-hydrogen) atoms. The number of hydroxylamine groups is 2. The van der Waals surface area contributed by atoms with Crippen molar-refractivity contribution in [1.29, 1.82) is 0 Å². The van der Waals surface area contributed by atoms with E-state index in [4.69, 9.17) is 13.8 Å². The normalized spacial score (nSPS) is 25.1. The summed E-state index contributed by atoms with van der Waals surface area (Å²) in [5, 5.41) is 0.662. The number of amides is 1. The molecule has 1 aromatic carbocycles. The molecule has 1 amide bonds. The van der Waals surface area contributed by atoms with E-state index in [1.165, 1.54) is 33.4 Å². The number of Topliss-reactive ketones (excluding diaryl/α,β-unsaturated/α-hetero) is 1. The summed E-state index contributed by atoms with van der Waals surface area (Å²) in [5.74, 6) is -0.241. The van der Waals surface area contributed by atoms with Crippen LogP contribution in [0, 0.1) is 16.7 Å². The molecule has 160 valence electrons. The Kier molecular flexibility index (Phi) is 5.42. The predicted octanol–water partition coefficient (Wildman–Crippen LogP) is 2.43. The summed E-state index contributed by atoms with van der Waals surface area (Å²) in [5.41, 5.74) is -1.25. The molecule has 0 spiro atoms. The molecular weight excluding hydrogens is 398 g/mol. The van der Waals surface area contributed by atoms with E-state index in [-0.39, 0.29) is 23.0 Å². The number of carbonyl (C=O) groups excluding carboxylic acids is 2. The minimum Gasteiger partial charge on any atom is -0.497 e. The summed E-state index contributed by atoms with van der Waals surface area (Å²) in [7, 11) is -0.0778. The van der Waals surface area contributed by atoms with E-state index in [0.29, 0.717) is 23.7 Å². The van der Waals surface area contributed by atoms with Gasteiger partial charge in [0, 0.05) is 19.5 Å². The van der Waals surface area contributed by atoms with Crippen LogP contribution in [0.1, 0.15) is 43.5 Å². The molecule has 0 heterocycles. The van der Waals surface area contributed by atoms with Gasteiger partial charge in [-0.25, -0.2) is 5.06 Å². The molecular formula is C20H27NO7S. The Morgan fingerprint density at radius 2 is 1.93 bits per heavy atom. The lowest BCUT2D eigenvalue weighted by atomic mass is 9.70. The molecule has 0 radical (unpaired) electrons. The maximum atomic E-state index is 12.8. The van der Waals surface area contributed by atoms with E-state index in [2.05, 4.69) is 0 Å². The van der Waals surface area contributed by atoms with Crippen molar-refractivity contribution in [2.75, 3.05) is 27.0 Å². The molecule has 2 unspecified atom stereocenters. The van der Waals surface area contributed by atoms with E-state index in [1.54, 1.807) is 6.07 Å². The molecule has 2 fully saturated rings. The van der Waals surface area contributed by atoms with Crippen LogP contribution in [0.3, 0.4) is 0 Å². The summed E-state index contributed by atoms with van der Waals surface area (Å²) in [6.07, 6.45) is 1.75. The van der Waals surface area contributed by atoms with Crippen LogP contribution in [0.2, 0.25) is 0 Å². The van der Waals surface area contributed by atoms with E-state index in [0.717, 1.165) is 6.42 Å². The third-order valence-electron chi connectivity index (χ3n) is 6.71. The van der Waals surface area contributed by atoms with Crippen molar-refractivity contribution in [3.8, 4) is 11.5 Å². The Morgan fingerprint density at radius 1 is 1.24 bits per heavy atom. The molecule has 0 aromatic heterocycles. The van der Waals surface area contributed by atoms with E-state index < -0.39 is 32.6 Å². The molecule has 3 rings (SSSR count). The first-order valence-corrected chi connectivity index (χ1v) is 11.0. The first kappa shape index (κ1) is 21.6. The Bertz CT molecular complexity index is 940. The van der Waals surface area contributed by atoms with Crippen LogP contribution in [0.4, 0.5) is 0 Å². The molecule has 2 aliphatic rings. The van der Waals surface area contributed by atoms with Crippen molar-refractivity contribution in [1.82, 2.24) is 5.06 Å². The van der Waals surface area contributed by atoms with Crippen LogP contribution < -0.4 is 9.47 Å². The average molecular weight is 426 g/mol. The van der Waals surface area contributed by atoms with Gasteiger partial charge in [-0.3, -0.25) is 9.59 Å². The van der Waals surface area contributed by atoms with Crippen molar-refractivity contribution in [3.63, 3.8) is 0 Å². The fourth-order valence-corrected chi connectivity index (χ4v) is 6.53. The van der Waals surface area contributed by atoms with Crippen molar-refractivity contribution in [3.05, 3.63) is 23.8 Å². The molecule has 0 aliphatic heterocycles. The number of methoxy groups -OCH3 is 2. The molecule has 0 N–H and O–H groups in total. The number of hydrogen-bond donors (Lipinski definition) is 0. The molecule has 2 saturated carbocycles. The van der Waals surface area contributed by atoms with Crippen LogP contribution in [0.5, 0.6) is 11.5 Å². The van der Waals surface area contributed by atoms with Crippen LogP contribution in [0.15, 0.2) is 18.2 Å². The van der Waals surface area contributed by atoms with Gasteiger partial charge >= 0.3 is 0 Å². The number of benzene rings is 1. The number of carbonyl (C=O) groups is 2. The molecule has 2 bridgehead atoms. The standard InChI is InChI=1S/C20H27NO7S/c1-19(2)13-8-9-20(19,17(22)10-13)12-29(24,25)28-21(3)18(23)15-7-6-14(26-4)11-16(15)27-5/h6-7,11,13H,8-10,12H2,1-5H3. The maximum absolute atomic E-state index is 12.8. The molecule has 0 saturated heterocycles. The van der Waals surface area contributed by atoms with Crippen molar-refractivity contribution >= 4 is 21.8 Å². The zero-order valence-corrected chi connectivity index (χ0v) is 18.2. The van der Waals surface area contributed by atoms with Gasteiger partial charge in [-0.05, 0) is 36.3 Å². The zero-order chi connectivity index (χ0) is 21.6. The lowest BCUT2D eigenvalue weighted by molar-refractivity contribution is -0.128. The summed E-state index contributed by atoms with van der Waals surface area (Å²) in [4.78, 5) is 25.3. The lowest BCUT2D eigenvalue weighted by Crippen LogP contribution is -2.44. The smallest absolute Gasteiger partial charge is 0.289 e. The number of hydrogen-bond acceptors (Lipinski definition) is 7. The molecule has 2 aliphatic carbocycles. The fraction of sp³-hybridized carbons (Fsp3) is 0.600. The van der Waals surface area contributed by atoms with Gasteiger partial charge in [0.15, 0.2) is 0 Å². The highest BCUT2D eigenvalue weighted by molar-refractivity contribution is 7.86. The first-order chi connectivity index (χ1) is 13.5. The van der Waals surface area contributed by atoms with Crippen molar-refractivity contribution in [2.45, 2.75) is 33.1 Å². The van der Waals surface area contributed by atoms with E-state index >= 15 is 0 Å². The molecule has 2 atom stereocenters. The topological polar surface area (TPSA) is 99.2 Å². The van der Waals surface area contributed by atoms with Gasteiger partial charge in [-0.1, -0.05) is 13.8 Å². The third kappa shape index (κ3) is 3.50. The van der Waals surface area contributed by atoms with Crippen LogP contribution in [0.25, 0.3) is 0 Å². The second kappa shape index (κ2) is 7.28. The number of ketones is 1. The summed E-state index contributed by atoms with van der Waals surface area (Å²) in [6, 6.07) is 4.55. The highest BCUT2D eigenvalue weighted by Gasteiger charge is 2.65. The first-order valence-electron chi connectivity index (χ1n) is 9.43.